The Morgan fingerprint density at radius 3 is 2.24 bits per heavy atom. The van der Waals surface area contributed by atoms with Gasteiger partial charge in [0.05, 0.1) is 6.61 Å². The van der Waals surface area contributed by atoms with E-state index in [9.17, 15) is 9.59 Å². The molecule has 33 heavy (non-hydrogen) atoms. The van der Waals surface area contributed by atoms with Crippen molar-refractivity contribution in [1.29, 1.82) is 0 Å². The summed E-state index contributed by atoms with van der Waals surface area (Å²) in [4.78, 5) is 27.9. The van der Waals surface area contributed by atoms with Crippen LogP contribution in [0.4, 0.5) is 0 Å². The highest BCUT2D eigenvalue weighted by Gasteiger charge is 2.30. The lowest BCUT2D eigenvalue weighted by Crippen LogP contribution is -2.50. The number of hydrogen-bond acceptors (Lipinski definition) is 3. The lowest BCUT2D eigenvalue weighted by Gasteiger charge is -2.32. The molecular weight excluding hydrogens is 459 g/mol. The summed E-state index contributed by atoms with van der Waals surface area (Å²) in [6.45, 7) is 8.45. The minimum Gasteiger partial charge on any atom is -0.494 e. The zero-order chi connectivity index (χ0) is 24.4. The normalized spacial score (nSPS) is 12.7. The fraction of sp³-hybridized carbons (Fsp3) is 0.462. The van der Waals surface area contributed by atoms with Crippen LogP contribution in [-0.2, 0) is 16.1 Å². The van der Waals surface area contributed by atoms with E-state index in [-0.39, 0.29) is 30.8 Å². The highest BCUT2D eigenvalue weighted by Crippen LogP contribution is 2.27. The van der Waals surface area contributed by atoms with Crippen LogP contribution in [0.2, 0.25) is 10.0 Å². The maximum Gasteiger partial charge on any atom is 0.243 e. The zero-order valence-electron chi connectivity index (χ0n) is 19.9. The molecular formula is C26H34Cl2N2O3. The Bertz CT molecular complexity index is 898. The van der Waals surface area contributed by atoms with E-state index in [1.807, 2.05) is 52.0 Å². The van der Waals surface area contributed by atoms with Crippen molar-refractivity contribution in [2.24, 2.45) is 0 Å². The van der Waals surface area contributed by atoms with Crippen LogP contribution < -0.4 is 10.1 Å². The molecule has 0 aliphatic carbocycles. The number of aryl methyl sites for hydroxylation is 1. The molecule has 2 amide bonds. The number of hydrogen-bond donors (Lipinski definition) is 1. The van der Waals surface area contributed by atoms with E-state index in [0.29, 0.717) is 35.1 Å². The molecule has 2 atom stereocenters. The fourth-order valence-electron chi connectivity index (χ4n) is 3.41. The Hall–Kier alpha value is -2.24. The van der Waals surface area contributed by atoms with Gasteiger partial charge in [-0.1, -0.05) is 60.8 Å². The van der Waals surface area contributed by atoms with Crippen LogP contribution in [0.15, 0.2) is 42.5 Å². The first-order valence-electron chi connectivity index (χ1n) is 11.5. The van der Waals surface area contributed by atoms with Gasteiger partial charge in [0.2, 0.25) is 11.8 Å². The smallest absolute Gasteiger partial charge is 0.243 e. The van der Waals surface area contributed by atoms with Gasteiger partial charge in [0.25, 0.3) is 0 Å². The standard InChI is InChI=1S/C26H34Cl2N2O3/c1-5-19(4)29-26(32)24(6-2)30(17-21-22(27)9-7-10-23(21)28)25(31)11-8-16-33-20-14-12-18(3)13-15-20/h7,9-10,12-15,19,24H,5-6,8,11,16-17H2,1-4H3,(H,29,32)/t19-,24-/m1/s1. The van der Waals surface area contributed by atoms with Crippen LogP contribution in [-0.4, -0.2) is 35.4 Å². The Morgan fingerprint density at radius 2 is 1.67 bits per heavy atom. The molecule has 1 N–H and O–H groups in total. The van der Waals surface area contributed by atoms with Crippen molar-refractivity contribution >= 4 is 35.0 Å². The number of ether oxygens (including phenoxy) is 1. The second-order valence-corrected chi connectivity index (χ2v) is 9.04. The Morgan fingerprint density at radius 1 is 1.03 bits per heavy atom. The Kier molecular flexibility index (Phi) is 11.0. The van der Waals surface area contributed by atoms with Gasteiger partial charge in [0, 0.05) is 34.6 Å². The molecule has 0 heterocycles. The summed E-state index contributed by atoms with van der Waals surface area (Å²) >= 11 is 12.8. The summed E-state index contributed by atoms with van der Waals surface area (Å²) in [7, 11) is 0. The van der Waals surface area contributed by atoms with Gasteiger partial charge in [-0.25, -0.2) is 0 Å². The first-order valence-corrected chi connectivity index (χ1v) is 12.2. The third-order valence-electron chi connectivity index (χ3n) is 5.60. The zero-order valence-corrected chi connectivity index (χ0v) is 21.4. The molecule has 0 aliphatic rings. The first kappa shape index (κ1) is 27.0. The van der Waals surface area contributed by atoms with Crippen LogP contribution in [0.3, 0.4) is 0 Å². The summed E-state index contributed by atoms with van der Waals surface area (Å²) in [6.07, 6.45) is 2.07. The number of halogens is 2. The highest BCUT2D eigenvalue weighted by atomic mass is 35.5. The second kappa shape index (κ2) is 13.5. The molecule has 0 bridgehead atoms. The monoisotopic (exact) mass is 492 g/mol. The molecule has 0 aliphatic heterocycles. The minimum atomic E-state index is -0.614. The molecule has 0 saturated heterocycles. The van der Waals surface area contributed by atoms with Gasteiger partial charge in [-0.15, -0.1) is 0 Å². The third kappa shape index (κ3) is 8.24. The Labute approximate surface area is 207 Å². The maximum atomic E-state index is 13.3. The first-order chi connectivity index (χ1) is 15.8. The number of nitrogens with one attached hydrogen (secondary N) is 1. The van der Waals surface area contributed by atoms with E-state index >= 15 is 0 Å². The van der Waals surface area contributed by atoms with Crippen LogP contribution in [0.25, 0.3) is 0 Å². The predicted molar refractivity (Wildman–Crippen MR) is 135 cm³/mol. The van der Waals surface area contributed by atoms with Gasteiger partial charge in [-0.3, -0.25) is 9.59 Å². The summed E-state index contributed by atoms with van der Waals surface area (Å²) < 4.78 is 5.76. The van der Waals surface area contributed by atoms with E-state index in [1.165, 1.54) is 0 Å². The number of nitrogens with zero attached hydrogens (tertiary/aromatic N) is 1. The van der Waals surface area contributed by atoms with Crippen LogP contribution in [0, 0.1) is 6.92 Å². The molecule has 180 valence electrons. The van der Waals surface area contributed by atoms with E-state index < -0.39 is 6.04 Å². The highest BCUT2D eigenvalue weighted by molar-refractivity contribution is 6.36. The minimum absolute atomic E-state index is 0.0234. The summed E-state index contributed by atoms with van der Waals surface area (Å²) in [5, 5.41) is 3.95. The number of rotatable bonds is 12. The summed E-state index contributed by atoms with van der Waals surface area (Å²) in [5.74, 6) is 0.469. The van der Waals surface area contributed by atoms with Crippen LogP contribution in [0.5, 0.6) is 5.75 Å². The van der Waals surface area contributed by atoms with Crippen molar-refractivity contribution in [3.05, 3.63) is 63.6 Å². The molecule has 0 saturated carbocycles. The molecule has 0 fully saturated rings. The molecule has 2 rings (SSSR count). The molecule has 2 aromatic rings. The van der Waals surface area contributed by atoms with Crippen molar-refractivity contribution in [2.45, 2.75) is 72.0 Å². The van der Waals surface area contributed by atoms with Crippen LogP contribution in [0.1, 0.15) is 57.6 Å². The van der Waals surface area contributed by atoms with Gasteiger partial charge in [0.15, 0.2) is 0 Å². The van der Waals surface area contributed by atoms with Gasteiger partial charge in [0.1, 0.15) is 11.8 Å². The number of benzene rings is 2. The maximum absolute atomic E-state index is 13.3. The topological polar surface area (TPSA) is 58.6 Å². The molecule has 7 heteroatoms. The van der Waals surface area contributed by atoms with Crippen molar-refractivity contribution in [2.75, 3.05) is 6.61 Å². The molecule has 0 unspecified atom stereocenters. The molecule has 0 aromatic heterocycles. The lowest BCUT2D eigenvalue weighted by atomic mass is 10.1. The third-order valence-corrected chi connectivity index (χ3v) is 6.31. The molecule has 2 aromatic carbocycles. The summed E-state index contributed by atoms with van der Waals surface area (Å²) in [6, 6.07) is 12.4. The molecule has 5 nitrogen and oxygen atoms in total. The van der Waals surface area contributed by atoms with Gasteiger partial charge in [-0.2, -0.15) is 0 Å². The SMILES string of the molecule is CC[C@@H](C)NC(=O)[C@@H](CC)N(Cc1c(Cl)cccc1Cl)C(=O)CCCOc1ccc(C)cc1. The predicted octanol–water partition coefficient (Wildman–Crippen LogP) is 6.18. The van der Waals surface area contributed by atoms with Crippen molar-refractivity contribution in [3.63, 3.8) is 0 Å². The van der Waals surface area contributed by atoms with E-state index in [2.05, 4.69) is 5.32 Å². The number of amides is 2. The van der Waals surface area contributed by atoms with Crippen LogP contribution >= 0.6 is 23.2 Å². The average molecular weight is 493 g/mol. The van der Waals surface area contributed by atoms with Crippen molar-refractivity contribution in [1.82, 2.24) is 10.2 Å². The van der Waals surface area contributed by atoms with Crippen molar-refractivity contribution < 1.29 is 14.3 Å². The number of carbonyl (C=O) groups is 2. The summed E-state index contributed by atoms with van der Waals surface area (Å²) in [5.41, 5.74) is 1.80. The quantitative estimate of drug-likeness (QED) is 0.359. The molecule has 0 spiro atoms. The molecule has 0 radical (unpaired) electrons. The Balaban J connectivity index is 2.13. The average Bonchev–Trinajstić information content (AvgIpc) is 2.79. The fourth-order valence-corrected chi connectivity index (χ4v) is 3.92. The number of carbonyl (C=O) groups excluding carboxylic acids is 2. The van der Waals surface area contributed by atoms with E-state index in [1.54, 1.807) is 23.1 Å². The largest absolute Gasteiger partial charge is 0.494 e. The van der Waals surface area contributed by atoms with Gasteiger partial charge in [-0.05, 0) is 57.4 Å². The van der Waals surface area contributed by atoms with E-state index in [4.69, 9.17) is 27.9 Å². The van der Waals surface area contributed by atoms with E-state index in [0.717, 1.165) is 17.7 Å². The van der Waals surface area contributed by atoms with Crippen molar-refractivity contribution in [3.8, 4) is 5.75 Å². The lowest BCUT2D eigenvalue weighted by molar-refractivity contribution is -0.141. The van der Waals surface area contributed by atoms with Gasteiger partial charge >= 0.3 is 0 Å². The second-order valence-electron chi connectivity index (χ2n) is 8.23. The van der Waals surface area contributed by atoms with Gasteiger partial charge < -0.3 is 15.0 Å².